The first-order valence-corrected chi connectivity index (χ1v) is 7.69. The van der Waals surface area contributed by atoms with Gasteiger partial charge in [-0.3, -0.25) is 9.59 Å². The highest BCUT2D eigenvalue weighted by atomic mass is 16.5. The molecule has 22 heavy (non-hydrogen) atoms. The van der Waals surface area contributed by atoms with Crippen molar-refractivity contribution in [2.24, 2.45) is 0 Å². The minimum Gasteiger partial charge on any atom is -0.468 e. The lowest BCUT2D eigenvalue weighted by molar-refractivity contribution is -0.132. The largest absolute Gasteiger partial charge is 0.468 e. The maximum absolute atomic E-state index is 12.1. The van der Waals surface area contributed by atoms with E-state index >= 15 is 0 Å². The third-order valence-corrected chi connectivity index (χ3v) is 3.37. The van der Waals surface area contributed by atoms with Gasteiger partial charge >= 0.3 is 0 Å². The standard InChI is InChI=1S/C13H21N3O.C3H6O2/c1-9-4-12(14-6-9)5-13(17)16-7-10(2)15-11(3)8-16;1-2-5-3-4/h4,6,10-11,14-15H,5,7-8H2,1-3H3;3H,2H2,1H3. The monoisotopic (exact) mass is 309 g/mol. The minimum absolute atomic E-state index is 0.215. The number of rotatable bonds is 4. The van der Waals surface area contributed by atoms with Crippen LogP contribution in [0.4, 0.5) is 0 Å². The second kappa shape index (κ2) is 9.25. The molecule has 1 saturated heterocycles. The highest BCUT2D eigenvalue weighted by Gasteiger charge is 2.24. The molecule has 0 aromatic carbocycles. The van der Waals surface area contributed by atoms with Gasteiger partial charge in [-0.15, -0.1) is 0 Å². The van der Waals surface area contributed by atoms with E-state index in [0.29, 0.717) is 31.6 Å². The van der Waals surface area contributed by atoms with Crippen molar-refractivity contribution in [1.82, 2.24) is 15.2 Å². The Morgan fingerprint density at radius 3 is 2.45 bits per heavy atom. The third-order valence-electron chi connectivity index (χ3n) is 3.37. The number of amides is 1. The first kappa shape index (κ1) is 18.2. The SMILES string of the molecule is CCOC=O.Cc1c[nH]c(CC(=O)N2CC(C)NC(C)C2)c1. The number of aromatic nitrogens is 1. The number of carbonyl (C=O) groups excluding carboxylic acids is 2. The molecule has 1 amide bonds. The summed E-state index contributed by atoms with van der Waals surface area (Å²) in [5.41, 5.74) is 2.18. The van der Waals surface area contributed by atoms with Crippen molar-refractivity contribution in [2.75, 3.05) is 19.7 Å². The number of nitrogens with zero attached hydrogens (tertiary/aromatic N) is 1. The molecule has 2 unspecified atom stereocenters. The van der Waals surface area contributed by atoms with E-state index in [-0.39, 0.29) is 5.91 Å². The number of hydrogen-bond donors (Lipinski definition) is 2. The van der Waals surface area contributed by atoms with E-state index in [4.69, 9.17) is 0 Å². The topological polar surface area (TPSA) is 74.4 Å². The number of aryl methyl sites for hydroxylation is 1. The van der Waals surface area contributed by atoms with E-state index < -0.39 is 0 Å². The average Bonchev–Trinajstić information content (AvgIpc) is 2.84. The molecular formula is C16H27N3O3. The lowest BCUT2D eigenvalue weighted by atomic mass is 10.1. The van der Waals surface area contributed by atoms with Crippen LogP contribution in [0, 0.1) is 6.92 Å². The highest BCUT2D eigenvalue weighted by molar-refractivity contribution is 5.78. The second-order valence-corrected chi connectivity index (χ2v) is 5.70. The van der Waals surface area contributed by atoms with Gasteiger partial charge in [-0.2, -0.15) is 0 Å². The molecule has 1 fully saturated rings. The molecule has 2 rings (SSSR count). The fourth-order valence-electron chi connectivity index (χ4n) is 2.54. The zero-order chi connectivity index (χ0) is 16.5. The molecule has 0 spiro atoms. The summed E-state index contributed by atoms with van der Waals surface area (Å²) >= 11 is 0. The van der Waals surface area contributed by atoms with Gasteiger partial charge in [-0.25, -0.2) is 0 Å². The molecular weight excluding hydrogens is 282 g/mol. The van der Waals surface area contributed by atoms with Crippen LogP contribution in [0.1, 0.15) is 32.0 Å². The summed E-state index contributed by atoms with van der Waals surface area (Å²) in [6.07, 6.45) is 2.42. The van der Waals surface area contributed by atoms with E-state index in [1.807, 2.05) is 24.1 Å². The zero-order valence-corrected chi connectivity index (χ0v) is 13.9. The fourth-order valence-corrected chi connectivity index (χ4v) is 2.54. The zero-order valence-electron chi connectivity index (χ0n) is 13.9. The van der Waals surface area contributed by atoms with Crippen LogP contribution in [0.5, 0.6) is 0 Å². The Bertz CT molecular complexity index is 463. The average molecular weight is 309 g/mol. The second-order valence-electron chi connectivity index (χ2n) is 5.70. The van der Waals surface area contributed by atoms with Gasteiger partial charge in [0.15, 0.2) is 0 Å². The van der Waals surface area contributed by atoms with Crippen molar-refractivity contribution in [3.8, 4) is 0 Å². The Kier molecular flexibility index (Phi) is 7.66. The summed E-state index contributed by atoms with van der Waals surface area (Å²) in [5.74, 6) is 0.215. The summed E-state index contributed by atoms with van der Waals surface area (Å²) in [5, 5.41) is 3.43. The van der Waals surface area contributed by atoms with Crippen LogP contribution in [0.25, 0.3) is 0 Å². The number of H-pyrrole nitrogens is 1. The first-order chi connectivity index (χ1) is 10.5. The van der Waals surface area contributed by atoms with Crippen molar-refractivity contribution < 1.29 is 14.3 Å². The molecule has 1 aliphatic heterocycles. The van der Waals surface area contributed by atoms with E-state index in [9.17, 15) is 9.59 Å². The third kappa shape index (κ3) is 6.30. The summed E-state index contributed by atoms with van der Waals surface area (Å²) in [6, 6.07) is 2.80. The Labute approximate surface area is 132 Å². The van der Waals surface area contributed by atoms with Crippen molar-refractivity contribution in [3.05, 3.63) is 23.5 Å². The molecule has 124 valence electrons. The molecule has 2 heterocycles. The Balaban J connectivity index is 0.000000422. The van der Waals surface area contributed by atoms with Gasteiger partial charge in [0.05, 0.1) is 13.0 Å². The Hall–Kier alpha value is -1.82. The fraction of sp³-hybridized carbons (Fsp3) is 0.625. The molecule has 2 atom stereocenters. The summed E-state index contributed by atoms with van der Waals surface area (Å²) in [7, 11) is 0. The van der Waals surface area contributed by atoms with Crippen LogP contribution >= 0.6 is 0 Å². The van der Waals surface area contributed by atoms with Crippen molar-refractivity contribution in [2.45, 2.75) is 46.2 Å². The van der Waals surface area contributed by atoms with Crippen LogP contribution in [0.3, 0.4) is 0 Å². The predicted octanol–water partition coefficient (Wildman–Crippen LogP) is 1.25. The molecule has 1 aromatic rings. The molecule has 6 heteroatoms. The molecule has 6 nitrogen and oxygen atoms in total. The van der Waals surface area contributed by atoms with Crippen LogP contribution in [0.15, 0.2) is 12.3 Å². The summed E-state index contributed by atoms with van der Waals surface area (Å²) < 4.78 is 4.15. The van der Waals surface area contributed by atoms with Crippen LogP contribution in [-0.4, -0.2) is 54.0 Å². The molecule has 0 aliphatic carbocycles. The summed E-state index contributed by atoms with van der Waals surface area (Å²) in [4.78, 5) is 26.4. The van der Waals surface area contributed by atoms with Gasteiger partial charge in [0.1, 0.15) is 0 Å². The molecule has 1 aromatic heterocycles. The molecule has 0 bridgehead atoms. The first-order valence-electron chi connectivity index (χ1n) is 7.69. The highest BCUT2D eigenvalue weighted by Crippen LogP contribution is 2.08. The molecule has 2 N–H and O–H groups in total. The maximum atomic E-state index is 12.1. The van der Waals surface area contributed by atoms with Gasteiger partial charge in [0.2, 0.25) is 5.91 Å². The predicted molar refractivity (Wildman–Crippen MR) is 85.6 cm³/mol. The van der Waals surface area contributed by atoms with Gasteiger partial charge < -0.3 is 19.9 Å². The van der Waals surface area contributed by atoms with Crippen LogP contribution in [0.2, 0.25) is 0 Å². The number of nitrogens with one attached hydrogen (secondary N) is 2. The number of carbonyl (C=O) groups is 2. The van der Waals surface area contributed by atoms with Gasteiger partial charge in [0, 0.05) is 37.1 Å². The quantitative estimate of drug-likeness (QED) is 0.821. The lowest BCUT2D eigenvalue weighted by Gasteiger charge is -2.36. The van der Waals surface area contributed by atoms with Gasteiger partial charge in [0.25, 0.3) is 6.47 Å². The van der Waals surface area contributed by atoms with Crippen LogP contribution < -0.4 is 5.32 Å². The lowest BCUT2D eigenvalue weighted by Crippen LogP contribution is -2.56. The van der Waals surface area contributed by atoms with E-state index in [1.54, 1.807) is 6.92 Å². The maximum Gasteiger partial charge on any atom is 0.293 e. The van der Waals surface area contributed by atoms with Crippen LogP contribution in [-0.2, 0) is 20.7 Å². The summed E-state index contributed by atoms with van der Waals surface area (Å²) in [6.45, 7) is 10.5. The van der Waals surface area contributed by atoms with Crippen molar-refractivity contribution >= 4 is 12.4 Å². The van der Waals surface area contributed by atoms with Gasteiger partial charge in [-0.1, -0.05) is 0 Å². The minimum atomic E-state index is 0.215. The van der Waals surface area contributed by atoms with E-state index in [2.05, 4.69) is 28.9 Å². The molecule has 0 radical (unpaired) electrons. The molecule has 0 saturated carbocycles. The van der Waals surface area contributed by atoms with Gasteiger partial charge in [-0.05, 0) is 39.3 Å². The Morgan fingerprint density at radius 2 is 2.05 bits per heavy atom. The molecule has 1 aliphatic rings. The Morgan fingerprint density at radius 1 is 1.41 bits per heavy atom. The van der Waals surface area contributed by atoms with Crippen molar-refractivity contribution in [3.63, 3.8) is 0 Å². The van der Waals surface area contributed by atoms with E-state index in [0.717, 1.165) is 18.8 Å². The van der Waals surface area contributed by atoms with E-state index in [1.165, 1.54) is 5.56 Å². The van der Waals surface area contributed by atoms with Crippen molar-refractivity contribution in [1.29, 1.82) is 0 Å². The number of aromatic amines is 1. The number of piperazine rings is 1. The number of hydrogen-bond acceptors (Lipinski definition) is 4. The normalized spacial score (nSPS) is 20.8. The number of ether oxygens (including phenoxy) is 1. The smallest absolute Gasteiger partial charge is 0.293 e.